The normalized spacial score (nSPS) is 9.83. The summed E-state index contributed by atoms with van der Waals surface area (Å²) < 4.78 is 4.88. The molecule has 8 nitrogen and oxygen atoms in total. The van der Waals surface area contributed by atoms with E-state index >= 15 is 0 Å². The number of carbonyl (C=O) groups excluding carboxylic acids is 2. The topological polar surface area (TPSA) is 132 Å². The number of amides is 2. The van der Waals surface area contributed by atoms with Crippen molar-refractivity contribution in [2.75, 3.05) is 25.2 Å². The predicted molar refractivity (Wildman–Crippen MR) is 64.4 cm³/mol. The minimum atomic E-state index is -0.551. The fourth-order valence-corrected chi connectivity index (χ4v) is 1.14. The zero-order valence-corrected chi connectivity index (χ0v) is 9.68. The van der Waals surface area contributed by atoms with Gasteiger partial charge in [0.15, 0.2) is 0 Å². The summed E-state index contributed by atoms with van der Waals surface area (Å²) in [6.07, 6.45) is 1.47. The first-order valence-electron chi connectivity index (χ1n) is 5.20. The van der Waals surface area contributed by atoms with Gasteiger partial charge in [0.25, 0.3) is 5.91 Å². The highest BCUT2D eigenvalue weighted by molar-refractivity contribution is 5.93. The Kier molecular flexibility index (Phi) is 5.55. The van der Waals surface area contributed by atoms with Crippen molar-refractivity contribution >= 4 is 17.5 Å². The molecule has 0 radical (unpaired) electrons. The molecule has 0 atom stereocenters. The molecule has 0 aliphatic heterocycles. The lowest BCUT2D eigenvalue weighted by atomic mass is 10.3. The third kappa shape index (κ3) is 4.76. The standard InChI is InChI=1S/C10H15N5O3/c11-9(16)6-18-4-3-14-10(17)8-5-7(15-12)1-2-13-8/h1-2,5H,3-4,6,12H2,(H2,11,16)(H,13,15)(H,14,17). The largest absolute Gasteiger partial charge is 0.370 e. The molecule has 0 bridgehead atoms. The number of pyridine rings is 1. The number of hydrogen-bond acceptors (Lipinski definition) is 6. The Balaban J connectivity index is 2.33. The van der Waals surface area contributed by atoms with Gasteiger partial charge < -0.3 is 21.2 Å². The van der Waals surface area contributed by atoms with Crippen LogP contribution >= 0.6 is 0 Å². The Morgan fingerprint density at radius 2 is 2.22 bits per heavy atom. The molecule has 1 rings (SSSR count). The summed E-state index contributed by atoms with van der Waals surface area (Å²) in [4.78, 5) is 25.9. The summed E-state index contributed by atoms with van der Waals surface area (Å²) in [5.74, 6) is 4.31. The fourth-order valence-electron chi connectivity index (χ4n) is 1.14. The van der Waals surface area contributed by atoms with Crippen molar-refractivity contribution in [2.45, 2.75) is 0 Å². The van der Waals surface area contributed by atoms with Crippen LogP contribution in [0.5, 0.6) is 0 Å². The van der Waals surface area contributed by atoms with Crippen molar-refractivity contribution in [1.82, 2.24) is 10.3 Å². The highest BCUT2D eigenvalue weighted by Gasteiger charge is 2.06. The van der Waals surface area contributed by atoms with Crippen LogP contribution in [0.1, 0.15) is 10.5 Å². The van der Waals surface area contributed by atoms with Crippen molar-refractivity contribution in [3.63, 3.8) is 0 Å². The SMILES string of the molecule is NNc1ccnc(C(=O)NCCOCC(N)=O)c1. The van der Waals surface area contributed by atoms with Gasteiger partial charge in [-0.05, 0) is 12.1 Å². The fraction of sp³-hybridized carbons (Fsp3) is 0.300. The average molecular weight is 253 g/mol. The molecule has 1 heterocycles. The van der Waals surface area contributed by atoms with E-state index in [1.54, 1.807) is 6.07 Å². The first kappa shape index (κ1) is 13.9. The first-order valence-corrected chi connectivity index (χ1v) is 5.20. The molecule has 98 valence electrons. The van der Waals surface area contributed by atoms with Crippen molar-refractivity contribution in [2.24, 2.45) is 11.6 Å². The Morgan fingerprint density at radius 3 is 2.89 bits per heavy atom. The van der Waals surface area contributed by atoms with Gasteiger partial charge in [0.1, 0.15) is 12.3 Å². The molecule has 0 saturated carbocycles. The van der Waals surface area contributed by atoms with Crippen LogP contribution in [0, 0.1) is 0 Å². The number of anilines is 1. The molecule has 0 aliphatic carbocycles. The second-order valence-electron chi connectivity index (χ2n) is 3.35. The van der Waals surface area contributed by atoms with Gasteiger partial charge in [0.05, 0.1) is 12.3 Å². The van der Waals surface area contributed by atoms with Gasteiger partial charge >= 0.3 is 0 Å². The molecule has 18 heavy (non-hydrogen) atoms. The van der Waals surface area contributed by atoms with Crippen molar-refractivity contribution in [3.8, 4) is 0 Å². The third-order valence-electron chi connectivity index (χ3n) is 1.94. The lowest BCUT2D eigenvalue weighted by Gasteiger charge is -2.06. The number of carbonyl (C=O) groups is 2. The smallest absolute Gasteiger partial charge is 0.270 e. The summed E-state index contributed by atoms with van der Waals surface area (Å²) in [6, 6.07) is 3.15. The summed E-state index contributed by atoms with van der Waals surface area (Å²) in [5, 5.41) is 2.58. The van der Waals surface area contributed by atoms with Crippen LogP contribution in [-0.2, 0) is 9.53 Å². The summed E-state index contributed by atoms with van der Waals surface area (Å²) >= 11 is 0. The Hall–Kier alpha value is -2.19. The Bertz CT molecular complexity index is 424. The van der Waals surface area contributed by atoms with Gasteiger partial charge in [-0.1, -0.05) is 0 Å². The zero-order valence-electron chi connectivity index (χ0n) is 9.68. The molecule has 0 unspecified atom stereocenters. The lowest BCUT2D eigenvalue weighted by Crippen LogP contribution is -2.29. The van der Waals surface area contributed by atoms with Crippen LogP contribution < -0.4 is 22.3 Å². The minimum absolute atomic E-state index is 0.166. The molecule has 8 heteroatoms. The van der Waals surface area contributed by atoms with Crippen LogP contribution in [0.3, 0.4) is 0 Å². The number of nitrogens with zero attached hydrogens (tertiary/aromatic N) is 1. The van der Waals surface area contributed by atoms with E-state index in [1.165, 1.54) is 12.3 Å². The van der Waals surface area contributed by atoms with Crippen LogP contribution in [0.15, 0.2) is 18.3 Å². The Labute approximate surface area is 104 Å². The summed E-state index contributed by atoms with van der Waals surface area (Å²) in [6.45, 7) is 0.290. The van der Waals surface area contributed by atoms with E-state index in [-0.39, 0.29) is 31.4 Å². The van der Waals surface area contributed by atoms with Gasteiger partial charge in [0.2, 0.25) is 5.91 Å². The van der Waals surface area contributed by atoms with E-state index in [0.717, 1.165) is 0 Å². The monoisotopic (exact) mass is 253 g/mol. The first-order chi connectivity index (χ1) is 8.63. The van der Waals surface area contributed by atoms with E-state index < -0.39 is 5.91 Å². The highest BCUT2D eigenvalue weighted by Crippen LogP contribution is 2.05. The number of primary amides is 1. The number of aromatic nitrogens is 1. The minimum Gasteiger partial charge on any atom is -0.370 e. The van der Waals surface area contributed by atoms with E-state index in [9.17, 15) is 9.59 Å². The number of ether oxygens (including phenoxy) is 1. The number of nitrogens with one attached hydrogen (secondary N) is 2. The van der Waals surface area contributed by atoms with Crippen LogP contribution in [0.4, 0.5) is 5.69 Å². The van der Waals surface area contributed by atoms with Crippen LogP contribution in [0.2, 0.25) is 0 Å². The van der Waals surface area contributed by atoms with Crippen LogP contribution in [-0.4, -0.2) is 36.6 Å². The van der Waals surface area contributed by atoms with Gasteiger partial charge in [-0.25, -0.2) is 0 Å². The summed E-state index contributed by atoms with van der Waals surface area (Å²) in [5.41, 5.74) is 8.11. The predicted octanol–water partition coefficient (Wildman–Crippen LogP) is -1.40. The van der Waals surface area contributed by atoms with E-state index in [1.807, 2.05) is 0 Å². The van der Waals surface area contributed by atoms with Crippen molar-refractivity contribution < 1.29 is 14.3 Å². The second-order valence-corrected chi connectivity index (χ2v) is 3.35. The number of nitrogen functional groups attached to an aromatic ring is 1. The second kappa shape index (κ2) is 7.20. The molecule has 6 N–H and O–H groups in total. The number of hydrogen-bond donors (Lipinski definition) is 4. The zero-order chi connectivity index (χ0) is 13.4. The van der Waals surface area contributed by atoms with Crippen LogP contribution in [0.25, 0.3) is 0 Å². The molecule has 0 saturated heterocycles. The molecule has 0 aliphatic rings. The maximum absolute atomic E-state index is 11.6. The molecule has 2 amide bonds. The van der Waals surface area contributed by atoms with Gasteiger partial charge in [-0.15, -0.1) is 0 Å². The van der Waals surface area contributed by atoms with Crippen molar-refractivity contribution in [1.29, 1.82) is 0 Å². The average Bonchev–Trinajstić information content (AvgIpc) is 2.37. The molecular formula is C10H15N5O3. The third-order valence-corrected chi connectivity index (χ3v) is 1.94. The van der Waals surface area contributed by atoms with Gasteiger partial charge in [-0.2, -0.15) is 0 Å². The van der Waals surface area contributed by atoms with Gasteiger partial charge in [0, 0.05) is 12.7 Å². The van der Waals surface area contributed by atoms with Gasteiger partial charge in [-0.3, -0.25) is 20.4 Å². The number of nitrogens with two attached hydrogens (primary N) is 2. The maximum atomic E-state index is 11.6. The molecule has 1 aromatic heterocycles. The number of hydrazine groups is 1. The number of rotatable bonds is 7. The maximum Gasteiger partial charge on any atom is 0.270 e. The van der Waals surface area contributed by atoms with E-state index in [0.29, 0.717) is 5.69 Å². The molecule has 0 aromatic carbocycles. The molecule has 1 aromatic rings. The lowest BCUT2D eigenvalue weighted by molar-refractivity contribution is -0.122. The molecule has 0 fully saturated rings. The summed E-state index contributed by atoms with van der Waals surface area (Å²) in [7, 11) is 0. The quantitative estimate of drug-likeness (QED) is 0.268. The van der Waals surface area contributed by atoms with Crippen molar-refractivity contribution in [3.05, 3.63) is 24.0 Å². The molecule has 0 spiro atoms. The highest BCUT2D eigenvalue weighted by atomic mass is 16.5. The molecular weight excluding hydrogens is 238 g/mol. The Morgan fingerprint density at radius 1 is 1.44 bits per heavy atom. The van der Waals surface area contributed by atoms with E-state index in [4.69, 9.17) is 16.3 Å². The van der Waals surface area contributed by atoms with E-state index in [2.05, 4.69) is 15.7 Å².